The fourth-order valence-corrected chi connectivity index (χ4v) is 2.76. The molecule has 0 bridgehead atoms. The zero-order chi connectivity index (χ0) is 14.3. The Morgan fingerprint density at radius 3 is 2.58 bits per heavy atom. The standard InChI is InChI=1S/C13H21NO4S/c1-11(2)18-10-6-9-14-19(15,16)13-8-5-4-7-12(13)17-3/h4-5,7-8,11,14H,6,9-10H2,1-3H3. The van der Waals surface area contributed by atoms with Gasteiger partial charge in [-0.15, -0.1) is 0 Å². The minimum Gasteiger partial charge on any atom is -0.495 e. The SMILES string of the molecule is COc1ccccc1S(=O)(=O)NCCCOC(C)C. The minimum atomic E-state index is -3.53. The van der Waals surface area contributed by atoms with Crippen molar-refractivity contribution in [3.63, 3.8) is 0 Å². The van der Waals surface area contributed by atoms with Crippen LogP contribution in [0.2, 0.25) is 0 Å². The van der Waals surface area contributed by atoms with Crippen molar-refractivity contribution < 1.29 is 17.9 Å². The number of rotatable bonds is 8. The monoisotopic (exact) mass is 287 g/mol. The third-order valence-corrected chi connectivity index (χ3v) is 3.92. The lowest BCUT2D eigenvalue weighted by Crippen LogP contribution is -2.26. The molecular weight excluding hydrogens is 266 g/mol. The van der Waals surface area contributed by atoms with Crippen LogP contribution >= 0.6 is 0 Å². The van der Waals surface area contributed by atoms with Gasteiger partial charge in [0.25, 0.3) is 0 Å². The van der Waals surface area contributed by atoms with Crippen molar-refractivity contribution in [3.8, 4) is 5.75 Å². The van der Waals surface area contributed by atoms with Gasteiger partial charge in [-0.25, -0.2) is 13.1 Å². The molecule has 19 heavy (non-hydrogen) atoms. The summed E-state index contributed by atoms with van der Waals surface area (Å²) in [5.74, 6) is 0.341. The molecule has 0 heterocycles. The molecule has 0 spiro atoms. The molecule has 1 aromatic carbocycles. The Hall–Kier alpha value is -1.11. The molecule has 6 heteroatoms. The number of para-hydroxylation sites is 1. The molecule has 0 aliphatic heterocycles. The molecule has 1 N–H and O–H groups in total. The Morgan fingerprint density at radius 2 is 1.95 bits per heavy atom. The highest BCUT2D eigenvalue weighted by Crippen LogP contribution is 2.22. The Balaban J connectivity index is 2.56. The summed E-state index contributed by atoms with van der Waals surface area (Å²) in [4.78, 5) is 0.155. The molecule has 5 nitrogen and oxygen atoms in total. The summed E-state index contributed by atoms with van der Waals surface area (Å²) < 4.78 is 37.1. The van der Waals surface area contributed by atoms with Crippen LogP contribution in [0, 0.1) is 0 Å². The first kappa shape index (κ1) is 15.9. The van der Waals surface area contributed by atoms with E-state index in [1.165, 1.54) is 13.2 Å². The summed E-state index contributed by atoms with van der Waals surface area (Å²) in [6.07, 6.45) is 0.790. The molecular formula is C13H21NO4S. The zero-order valence-electron chi connectivity index (χ0n) is 11.5. The number of methoxy groups -OCH3 is 1. The Morgan fingerprint density at radius 1 is 1.26 bits per heavy atom. The van der Waals surface area contributed by atoms with Gasteiger partial charge in [-0.3, -0.25) is 0 Å². The van der Waals surface area contributed by atoms with Gasteiger partial charge < -0.3 is 9.47 Å². The van der Waals surface area contributed by atoms with Gasteiger partial charge in [0, 0.05) is 13.2 Å². The lowest BCUT2D eigenvalue weighted by atomic mass is 10.3. The van der Waals surface area contributed by atoms with Crippen LogP contribution in [0.4, 0.5) is 0 Å². The molecule has 0 atom stereocenters. The van der Waals surface area contributed by atoms with E-state index in [1.807, 2.05) is 13.8 Å². The second kappa shape index (κ2) is 7.47. The van der Waals surface area contributed by atoms with E-state index in [0.29, 0.717) is 25.3 Å². The maximum atomic E-state index is 12.1. The molecule has 0 aliphatic carbocycles. The molecule has 1 rings (SSSR count). The van der Waals surface area contributed by atoms with Crippen LogP contribution in [0.15, 0.2) is 29.2 Å². The molecule has 0 saturated carbocycles. The fourth-order valence-electron chi connectivity index (χ4n) is 1.52. The van der Waals surface area contributed by atoms with Gasteiger partial charge in [-0.2, -0.15) is 0 Å². The first-order valence-corrected chi connectivity index (χ1v) is 7.70. The Bertz CT molecular complexity index is 485. The number of benzene rings is 1. The van der Waals surface area contributed by atoms with Gasteiger partial charge in [-0.05, 0) is 32.4 Å². The van der Waals surface area contributed by atoms with Crippen LogP contribution in [-0.4, -0.2) is 34.8 Å². The lowest BCUT2D eigenvalue weighted by Gasteiger charge is -2.11. The average molecular weight is 287 g/mol. The van der Waals surface area contributed by atoms with Crippen molar-refractivity contribution in [2.45, 2.75) is 31.3 Å². The molecule has 0 aliphatic rings. The number of hydrogen-bond acceptors (Lipinski definition) is 4. The number of hydrogen-bond donors (Lipinski definition) is 1. The van der Waals surface area contributed by atoms with E-state index in [1.54, 1.807) is 18.2 Å². The highest BCUT2D eigenvalue weighted by Gasteiger charge is 2.17. The van der Waals surface area contributed by atoms with E-state index in [0.717, 1.165) is 0 Å². The second-order valence-electron chi connectivity index (χ2n) is 4.32. The van der Waals surface area contributed by atoms with Crippen molar-refractivity contribution >= 4 is 10.0 Å². The van der Waals surface area contributed by atoms with Crippen molar-refractivity contribution in [2.24, 2.45) is 0 Å². The molecule has 108 valence electrons. The van der Waals surface area contributed by atoms with E-state index in [2.05, 4.69) is 4.72 Å². The van der Waals surface area contributed by atoms with Crippen molar-refractivity contribution in [1.29, 1.82) is 0 Å². The second-order valence-corrected chi connectivity index (χ2v) is 6.06. The summed E-state index contributed by atoms with van der Waals surface area (Å²) in [5, 5.41) is 0. The first-order chi connectivity index (χ1) is 8.97. The Labute approximate surface area is 115 Å². The molecule has 1 aromatic rings. The van der Waals surface area contributed by atoms with E-state index in [-0.39, 0.29) is 11.0 Å². The highest BCUT2D eigenvalue weighted by molar-refractivity contribution is 7.89. The average Bonchev–Trinajstić information content (AvgIpc) is 2.37. The lowest BCUT2D eigenvalue weighted by molar-refractivity contribution is 0.0778. The molecule has 0 amide bonds. The van der Waals surface area contributed by atoms with Crippen LogP contribution in [0.3, 0.4) is 0 Å². The zero-order valence-corrected chi connectivity index (χ0v) is 12.4. The van der Waals surface area contributed by atoms with Crippen molar-refractivity contribution in [3.05, 3.63) is 24.3 Å². The summed E-state index contributed by atoms with van der Waals surface area (Å²) >= 11 is 0. The molecule has 0 aromatic heterocycles. The predicted molar refractivity (Wildman–Crippen MR) is 73.9 cm³/mol. The fraction of sp³-hybridized carbons (Fsp3) is 0.538. The van der Waals surface area contributed by atoms with Gasteiger partial charge >= 0.3 is 0 Å². The third-order valence-electron chi connectivity index (χ3n) is 2.42. The predicted octanol–water partition coefficient (Wildman–Crippen LogP) is 1.79. The van der Waals surface area contributed by atoms with E-state index in [4.69, 9.17) is 9.47 Å². The van der Waals surface area contributed by atoms with Crippen LogP contribution in [-0.2, 0) is 14.8 Å². The maximum absolute atomic E-state index is 12.1. The van der Waals surface area contributed by atoms with Crippen LogP contribution in [0.5, 0.6) is 5.75 Å². The van der Waals surface area contributed by atoms with Crippen molar-refractivity contribution in [2.75, 3.05) is 20.3 Å². The Kier molecular flexibility index (Phi) is 6.27. The van der Waals surface area contributed by atoms with Crippen LogP contribution in [0.1, 0.15) is 20.3 Å². The van der Waals surface area contributed by atoms with Crippen LogP contribution < -0.4 is 9.46 Å². The van der Waals surface area contributed by atoms with E-state index < -0.39 is 10.0 Å². The van der Waals surface area contributed by atoms with Gasteiger partial charge in [0.2, 0.25) is 10.0 Å². The summed E-state index contributed by atoms with van der Waals surface area (Å²) in [5.41, 5.74) is 0. The quantitative estimate of drug-likeness (QED) is 0.740. The molecule has 0 radical (unpaired) electrons. The third kappa shape index (κ3) is 5.18. The van der Waals surface area contributed by atoms with E-state index in [9.17, 15) is 8.42 Å². The van der Waals surface area contributed by atoms with E-state index >= 15 is 0 Å². The largest absolute Gasteiger partial charge is 0.495 e. The smallest absolute Gasteiger partial charge is 0.244 e. The normalized spacial score (nSPS) is 11.8. The summed E-state index contributed by atoms with van der Waals surface area (Å²) in [7, 11) is -2.09. The number of ether oxygens (including phenoxy) is 2. The van der Waals surface area contributed by atoms with Gasteiger partial charge in [0.05, 0.1) is 13.2 Å². The number of nitrogens with one attached hydrogen (secondary N) is 1. The first-order valence-electron chi connectivity index (χ1n) is 6.21. The van der Waals surface area contributed by atoms with Crippen molar-refractivity contribution in [1.82, 2.24) is 4.72 Å². The molecule has 0 saturated heterocycles. The minimum absolute atomic E-state index is 0.155. The highest BCUT2D eigenvalue weighted by atomic mass is 32.2. The summed E-state index contributed by atoms with van der Waals surface area (Å²) in [6.45, 7) is 4.76. The molecule has 0 unspecified atom stereocenters. The maximum Gasteiger partial charge on any atom is 0.244 e. The van der Waals surface area contributed by atoms with Crippen LogP contribution in [0.25, 0.3) is 0 Å². The van der Waals surface area contributed by atoms with Gasteiger partial charge in [-0.1, -0.05) is 12.1 Å². The van der Waals surface area contributed by atoms with Gasteiger partial charge in [0.1, 0.15) is 10.6 Å². The number of sulfonamides is 1. The van der Waals surface area contributed by atoms with Gasteiger partial charge in [0.15, 0.2) is 0 Å². The summed E-state index contributed by atoms with van der Waals surface area (Å²) in [6, 6.07) is 6.54. The topological polar surface area (TPSA) is 64.6 Å². The molecule has 0 fully saturated rings.